The second-order valence-electron chi connectivity index (χ2n) is 24.5. The number of esters is 3. The van der Waals surface area contributed by atoms with Gasteiger partial charge in [0, 0.05) is 19.3 Å². The van der Waals surface area contributed by atoms with E-state index in [4.69, 9.17) is 14.2 Å². The number of allylic oxidation sites excluding steroid dienone is 10. The molecule has 82 heavy (non-hydrogen) atoms. The molecule has 6 heteroatoms. The van der Waals surface area contributed by atoms with E-state index in [0.717, 1.165) is 103 Å². The van der Waals surface area contributed by atoms with Crippen LogP contribution in [0.1, 0.15) is 387 Å². The molecule has 0 amide bonds. The molecule has 0 saturated carbocycles. The third kappa shape index (κ3) is 67.9. The molecule has 0 saturated heterocycles. The lowest BCUT2D eigenvalue weighted by Crippen LogP contribution is -2.30. The fourth-order valence-corrected chi connectivity index (χ4v) is 10.8. The fourth-order valence-electron chi connectivity index (χ4n) is 10.8. The number of carbonyl (C=O) groups is 3. The molecule has 0 radical (unpaired) electrons. The van der Waals surface area contributed by atoms with Crippen molar-refractivity contribution >= 4 is 17.9 Å². The van der Waals surface area contributed by atoms with Crippen LogP contribution in [0.2, 0.25) is 0 Å². The summed E-state index contributed by atoms with van der Waals surface area (Å²) in [5.74, 6) is -0.883. The molecule has 0 aromatic rings. The first-order valence-corrected chi connectivity index (χ1v) is 36.3. The monoisotopic (exact) mass is 1150 g/mol. The van der Waals surface area contributed by atoms with E-state index in [1.54, 1.807) is 0 Å². The molecule has 0 aromatic carbocycles. The summed E-state index contributed by atoms with van der Waals surface area (Å²) in [4.78, 5) is 38.4. The molecule has 0 fully saturated rings. The van der Waals surface area contributed by atoms with Gasteiger partial charge in [-0.2, -0.15) is 0 Å². The molecule has 0 rings (SSSR count). The molecular weight excluding hydrogens is 1010 g/mol. The quantitative estimate of drug-likeness (QED) is 0.0261. The van der Waals surface area contributed by atoms with Crippen LogP contribution in [0.4, 0.5) is 0 Å². The highest BCUT2D eigenvalue weighted by molar-refractivity contribution is 5.71. The van der Waals surface area contributed by atoms with E-state index >= 15 is 0 Å². The highest BCUT2D eigenvalue weighted by Crippen LogP contribution is 2.19. The van der Waals surface area contributed by atoms with Crippen LogP contribution in [0, 0.1) is 0 Å². The highest BCUT2D eigenvalue weighted by Gasteiger charge is 2.19. The minimum absolute atomic E-state index is 0.0795. The van der Waals surface area contributed by atoms with E-state index in [-0.39, 0.29) is 31.1 Å². The average Bonchev–Trinajstić information content (AvgIpc) is 3.47. The summed E-state index contributed by atoms with van der Waals surface area (Å²) in [6, 6.07) is 0. The first-order valence-electron chi connectivity index (χ1n) is 36.3. The number of ether oxygens (including phenoxy) is 3. The van der Waals surface area contributed by atoms with Gasteiger partial charge in [0.15, 0.2) is 6.10 Å². The summed E-state index contributed by atoms with van der Waals surface area (Å²) in [6.45, 7) is 6.54. The Labute approximate surface area is 510 Å². The van der Waals surface area contributed by atoms with E-state index in [1.165, 1.54) is 244 Å². The number of hydrogen-bond donors (Lipinski definition) is 0. The molecule has 0 N–H and O–H groups in total. The van der Waals surface area contributed by atoms with Crippen molar-refractivity contribution < 1.29 is 28.6 Å². The number of carbonyl (C=O) groups excluding carboxylic acids is 3. The number of hydrogen-bond acceptors (Lipinski definition) is 6. The van der Waals surface area contributed by atoms with E-state index in [9.17, 15) is 14.4 Å². The fraction of sp³-hybridized carbons (Fsp3) is 0.829. The van der Waals surface area contributed by atoms with Gasteiger partial charge in [-0.3, -0.25) is 14.4 Å². The normalized spacial score (nSPS) is 12.4. The molecule has 478 valence electrons. The van der Waals surface area contributed by atoms with Crippen molar-refractivity contribution in [2.24, 2.45) is 0 Å². The standard InChI is InChI=1S/C76H138O6/c1-4-7-10-13-16-19-22-25-27-29-31-32-33-34-35-36-37-38-39-40-41-42-43-44-46-47-49-51-54-57-60-63-66-69-75(78)81-72-73(71-80-74(77)68-65-62-59-56-53-24-21-18-15-12-9-6-3)82-76(79)70-67-64-61-58-55-52-50-48-45-30-28-26-23-20-17-14-11-8-5-2/h8,11,17-18,20-21,26,28,45,48,73H,4-7,9-10,12-16,19,22-25,27,29-44,46-47,49-72H2,1-3H3/b11-8-,20-17-,21-18-,28-26-,48-45-. The summed E-state index contributed by atoms with van der Waals surface area (Å²) < 4.78 is 16.9. The topological polar surface area (TPSA) is 78.9 Å². The lowest BCUT2D eigenvalue weighted by Gasteiger charge is -2.18. The Morgan fingerprint density at radius 1 is 0.256 bits per heavy atom. The summed E-state index contributed by atoms with van der Waals surface area (Å²) in [5, 5.41) is 0. The Bertz CT molecular complexity index is 1460. The first kappa shape index (κ1) is 79.1. The largest absolute Gasteiger partial charge is 0.462 e. The molecule has 0 heterocycles. The molecule has 0 spiro atoms. The second-order valence-corrected chi connectivity index (χ2v) is 24.5. The maximum Gasteiger partial charge on any atom is 0.306 e. The lowest BCUT2D eigenvalue weighted by atomic mass is 10.0. The minimum atomic E-state index is -0.785. The van der Waals surface area contributed by atoms with Crippen LogP contribution >= 0.6 is 0 Å². The molecule has 0 aliphatic heterocycles. The molecule has 1 unspecified atom stereocenters. The van der Waals surface area contributed by atoms with Gasteiger partial charge in [-0.15, -0.1) is 0 Å². The van der Waals surface area contributed by atoms with Crippen LogP contribution in [-0.2, 0) is 28.6 Å². The first-order chi connectivity index (χ1) is 40.5. The SMILES string of the molecule is CC/C=C\C/C=C\C/C=C\C/C=C\CCCCCCCCC(=O)OC(COC(=O)CCCCCCC/C=C\CCCCC)COC(=O)CCCCCCCCCCCCCCCCCCCCCCCCCCCCCCCCCCC. The molecule has 0 bridgehead atoms. The van der Waals surface area contributed by atoms with E-state index in [2.05, 4.69) is 81.5 Å². The molecule has 0 aliphatic rings. The van der Waals surface area contributed by atoms with Crippen LogP contribution < -0.4 is 0 Å². The maximum atomic E-state index is 12.9. The van der Waals surface area contributed by atoms with Crippen LogP contribution in [-0.4, -0.2) is 37.2 Å². The Hall–Kier alpha value is -2.89. The predicted octanol–water partition coefficient (Wildman–Crippen LogP) is 25.1. The van der Waals surface area contributed by atoms with Gasteiger partial charge < -0.3 is 14.2 Å². The van der Waals surface area contributed by atoms with Crippen LogP contribution in [0.15, 0.2) is 60.8 Å². The Kier molecular flexibility index (Phi) is 68.1. The van der Waals surface area contributed by atoms with Gasteiger partial charge in [-0.05, 0) is 83.5 Å². The smallest absolute Gasteiger partial charge is 0.306 e. The zero-order valence-corrected chi connectivity index (χ0v) is 55.0. The lowest BCUT2D eigenvalue weighted by molar-refractivity contribution is -0.167. The van der Waals surface area contributed by atoms with Crippen molar-refractivity contribution in [3.63, 3.8) is 0 Å². The van der Waals surface area contributed by atoms with Crippen LogP contribution in [0.25, 0.3) is 0 Å². The number of unbranched alkanes of at least 4 members (excludes halogenated alkanes) is 46. The Balaban J connectivity index is 4.12. The Morgan fingerprint density at radius 3 is 0.780 bits per heavy atom. The van der Waals surface area contributed by atoms with Crippen molar-refractivity contribution in [2.75, 3.05) is 13.2 Å². The zero-order chi connectivity index (χ0) is 59.2. The Morgan fingerprint density at radius 2 is 0.476 bits per heavy atom. The van der Waals surface area contributed by atoms with Crippen LogP contribution in [0.5, 0.6) is 0 Å². The van der Waals surface area contributed by atoms with Crippen molar-refractivity contribution in [3.8, 4) is 0 Å². The molecule has 1 atom stereocenters. The van der Waals surface area contributed by atoms with Crippen molar-refractivity contribution in [1.29, 1.82) is 0 Å². The van der Waals surface area contributed by atoms with Gasteiger partial charge in [0.25, 0.3) is 0 Å². The van der Waals surface area contributed by atoms with E-state index in [1.807, 2.05) is 0 Å². The van der Waals surface area contributed by atoms with Gasteiger partial charge >= 0.3 is 17.9 Å². The maximum absolute atomic E-state index is 12.9. The summed E-state index contributed by atoms with van der Waals surface area (Å²) in [7, 11) is 0. The zero-order valence-electron chi connectivity index (χ0n) is 55.0. The molecule has 0 aliphatic carbocycles. The second kappa shape index (κ2) is 70.6. The summed E-state index contributed by atoms with van der Waals surface area (Å²) in [5.41, 5.74) is 0. The third-order valence-electron chi connectivity index (χ3n) is 16.3. The predicted molar refractivity (Wildman–Crippen MR) is 358 cm³/mol. The van der Waals surface area contributed by atoms with Gasteiger partial charge in [0.1, 0.15) is 13.2 Å². The molecule has 0 aromatic heterocycles. The van der Waals surface area contributed by atoms with E-state index < -0.39 is 6.10 Å². The van der Waals surface area contributed by atoms with Gasteiger partial charge in [-0.25, -0.2) is 0 Å². The van der Waals surface area contributed by atoms with Crippen molar-refractivity contribution in [3.05, 3.63) is 60.8 Å². The summed E-state index contributed by atoms with van der Waals surface area (Å²) in [6.07, 6.45) is 91.4. The van der Waals surface area contributed by atoms with Gasteiger partial charge in [0.05, 0.1) is 0 Å². The van der Waals surface area contributed by atoms with Gasteiger partial charge in [0.2, 0.25) is 0 Å². The minimum Gasteiger partial charge on any atom is -0.462 e. The number of rotatable bonds is 67. The van der Waals surface area contributed by atoms with E-state index in [0.29, 0.717) is 19.3 Å². The van der Waals surface area contributed by atoms with Crippen LogP contribution in [0.3, 0.4) is 0 Å². The summed E-state index contributed by atoms with van der Waals surface area (Å²) >= 11 is 0. The molecular formula is C76H138O6. The van der Waals surface area contributed by atoms with Gasteiger partial charge in [-0.1, -0.05) is 345 Å². The average molecular weight is 1150 g/mol. The molecule has 6 nitrogen and oxygen atoms in total. The van der Waals surface area contributed by atoms with Crippen molar-refractivity contribution in [1.82, 2.24) is 0 Å². The van der Waals surface area contributed by atoms with Crippen molar-refractivity contribution in [2.45, 2.75) is 393 Å². The third-order valence-corrected chi connectivity index (χ3v) is 16.3. The highest BCUT2D eigenvalue weighted by atomic mass is 16.6.